The van der Waals surface area contributed by atoms with Gasteiger partial charge in [0.15, 0.2) is 5.01 Å². The van der Waals surface area contributed by atoms with E-state index in [1.54, 1.807) is 18.5 Å². The van der Waals surface area contributed by atoms with Crippen molar-refractivity contribution in [2.24, 2.45) is 10.7 Å². The van der Waals surface area contributed by atoms with Crippen LogP contribution in [-0.4, -0.2) is 29.2 Å². The summed E-state index contributed by atoms with van der Waals surface area (Å²) in [6.07, 6.45) is 2.77. The van der Waals surface area contributed by atoms with Gasteiger partial charge in [-0.25, -0.2) is 10.7 Å². The number of amidine groups is 1. The third kappa shape index (κ3) is 4.08. The number of ketones is 1. The number of aliphatic imine (C=N–C) groups is 1. The lowest BCUT2D eigenvalue weighted by atomic mass is 10.1. The molecule has 1 atom stereocenters. The highest BCUT2D eigenvalue weighted by atomic mass is 32.1. The Morgan fingerprint density at radius 1 is 1.75 bits per heavy atom. The summed E-state index contributed by atoms with van der Waals surface area (Å²) in [5.74, 6) is 0.330. The summed E-state index contributed by atoms with van der Waals surface area (Å²) in [5, 5.41) is 2.15. The molecular formula is C10H15N4OS. The molecule has 1 aromatic rings. The highest BCUT2D eigenvalue weighted by Crippen LogP contribution is 2.10. The minimum absolute atomic E-state index is 0.205. The lowest BCUT2D eigenvalue weighted by Crippen LogP contribution is -2.22. The number of Topliss-reactive ketones (excluding diaryl/α,β-unsaturated/α-hetero) is 1. The molecule has 0 spiro atoms. The van der Waals surface area contributed by atoms with Crippen molar-refractivity contribution in [2.45, 2.75) is 25.8 Å². The number of nitrogens with zero attached hydrogens (tertiary/aromatic N) is 2. The quantitative estimate of drug-likeness (QED) is 0.349. The first-order valence-corrected chi connectivity index (χ1v) is 5.90. The summed E-state index contributed by atoms with van der Waals surface area (Å²) < 4.78 is 0. The van der Waals surface area contributed by atoms with Crippen molar-refractivity contribution in [3.8, 4) is 0 Å². The molecule has 16 heavy (non-hydrogen) atoms. The van der Waals surface area contributed by atoms with Gasteiger partial charge in [0.1, 0.15) is 0 Å². The number of aromatic nitrogens is 1. The largest absolute Gasteiger partial charge is 0.388 e. The Bertz CT molecular complexity index is 357. The lowest BCUT2D eigenvalue weighted by Gasteiger charge is -2.05. The number of rotatable bonds is 6. The fourth-order valence-corrected chi connectivity index (χ4v) is 1.81. The molecule has 0 saturated heterocycles. The predicted molar refractivity (Wildman–Crippen MR) is 64.7 cm³/mol. The fraction of sp³-hybridized carbons (Fsp3) is 0.500. The van der Waals surface area contributed by atoms with Gasteiger partial charge >= 0.3 is 0 Å². The van der Waals surface area contributed by atoms with E-state index in [1.807, 2.05) is 0 Å². The number of hydrogen-bond acceptors (Lipinski definition) is 4. The van der Waals surface area contributed by atoms with E-state index in [-0.39, 0.29) is 5.78 Å². The average Bonchev–Trinajstić information content (AvgIpc) is 2.76. The maximum absolute atomic E-state index is 11.6. The van der Waals surface area contributed by atoms with E-state index in [1.165, 1.54) is 11.3 Å². The summed E-state index contributed by atoms with van der Waals surface area (Å²) in [4.78, 5) is 19.5. The fourth-order valence-electron chi connectivity index (χ4n) is 1.18. The first-order valence-electron chi connectivity index (χ1n) is 5.02. The van der Waals surface area contributed by atoms with Crippen LogP contribution in [0.3, 0.4) is 0 Å². The van der Waals surface area contributed by atoms with Gasteiger partial charge in [0, 0.05) is 18.1 Å². The van der Waals surface area contributed by atoms with Crippen LogP contribution in [0.25, 0.3) is 0 Å². The van der Waals surface area contributed by atoms with E-state index in [2.05, 4.69) is 9.98 Å². The van der Waals surface area contributed by atoms with Gasteiger partial charge in [-0.15, -0.1) is 11.3 Å². The monoisotopic (exact) mass is 239 g/mol. The zero-order chi connectivity index (χ0) is 12.0. The summed E-state index contributed by atoms with van der Waals surface area (Å²) in [5.41, 5.74) is 13.1. The third-order valence-electron chi connectivity index (χ3n) is 1.97. The highest BCUT2D eigenvalue weighted by molar-refractivity contribution is 7.11. The van der Waals surface area contributed by atoms with Crippen molar-refractivity contribution in [1.82, 2.24) is 10.7 Å². The Balaban J connectivity index is 2.33. The standard InChI is InChI=1S/C10H15N4OS/c1-7(11)13-4-2-3-8(12)9(15)10-14-5-6-16-10/h5-6,8,12H,2-4H2,1H3,(H2,11,13)/t8-/m0/s1. The number of carbonyl (C=O) groups excluding carboxylic acids is 1. The van der Waals surface area contributed by atoms with Gasteiger partial charge in [-0.3, -0.25) is 9.79 Å². The second-order valence-electron chi connectivity index (χ2n) is 3.42. The van der Waals surface area contributed by atoms with Gasteiger partial charge in [-0.05, 0) is 19.8 Å². The van der Waals surface area contributed by atoms with Crippen LogP contribution in [0.5, 0.6) is 0 Å². The maximum Gasteiger partial charge on any atom is 0.209 e. The Labute approximate surface area is 98.6 Å². The van der Waals surface area contributed by atoms with Crippen molar-refractivity contribution in [3.05, 3.63) is 16.6 Å². The van der Waals surface area contributed by atoms with Crippen molar-refractivity contribution in [1.29, 1.82) is 0 Å². The number of nitrogens with two attached hydrogens (primary N) is 1. The number of hydrogen-bond donors (Lipinski definition) is 1. The molecule has 1 radical (unpaired) electrons. The molecule has 0 saturated carbocycles. The number of thiazole rings is 1. The van der Waals surface area contributed by atoms with E-state index in [0.29, 0.717) is 30.2 Å². The zero-order valence-corrected chi connectivity index (χ0v) is 9.96. The normalized spacial score (nSPS) is 13.8. The Morgan fingerprint density at radius 3 is 3.06 bits per heavy atom. The van der Waals surface area contributed by atoms with Crippen LogP contribution in [0.4, 0.5) is 0 Å². The van der Waals surface area contributed by atoms with E-state index >= 15 is 0 Å². The molecule has 5 nitrogen and oxygen atoms in total. The SMILES string of the molecule is CC(N)=NCCC[C@H]([NH])C(=O)c1nccs1. The summed E-state index contributed by atoms with van der Waals surface area (Å²) >= 11 is 1.28. The molecule has 6 heteroatoms. The van der Waals surface area contributed by atoms with Crippen molar-refractivity contribution >= 4 is 23.0 Å². The van der Waals surface area contributed by atoms with Gasteiger partial charge in [0.25, 0.3) is 0 Å². The van der Waals surface area contributed by atoms with Crippen LogP contribution in [0.15, 0.2) is 16.6 Å². The van der Waals surface area contributed by atoms with Gasteiger partial charge in [0.2, 0.25) is 5.78 Å². The Kier molecular flexibility index (Phi) is 5.07. The molecule has 1 rings (SSSR count). The maximum atomic E-state index is 11.6. The van der Waals surface area contributed by atoms with Crippen LogP contribution >= 0.6 is 11.3 Å². The smallest absolute Gasteiger partial charge is 0.209 e. The van der Waals surface area contributed by atoms with Crippen LogP contribution in [0, 0.1) is 0 Å². The van der Waals surface area contributed by atoms with Crippen LogP contribution < -0.4 is 11.5 Å². The van der Waals surface area contributed by atoms with Crippen molar-refractivity contribution in [2.75, 3.05) is 6.54 Å². The second-order valence-corrected chi connectivity index (χ2v) is 4.31. The van der Waals surface area contributed by atoms with E-state index in [9.17, 15) is 4.79 Å². The minimum atomic E-state index is -0.737. The van der Waals surface area contributed by atoms with Crippen LogP contribution in [0.1, 0.15) is 29.6 Å². The predicted octanol–water partition coefficient (Wildman–Crippen LogP) is 1.13. The molecule has 1 heterocycles. The van der Waals surface area contributed by atoms with E-state index in [0.717, 1.165) is 0 Å². The minimum Gasteiger partial charge on any atom is -0.388 e. The molecule has 3 N–H and O–H groups in total. The van der Waals surface area contributed by atoms with Crippen LogP contribution in [0.2, 0.25) is 0 Å². The third-order valence-corrected chi connectivity index (χ3v) is 2.76. The number of carbonyl (C=O) groups is 1. The topological polar surface area (TPSA) is 92.1 Å². The van der Waals surface area contributed by atoms with Gasteiger partial charge in [0.05, 0.1) is 11.9 Å². The van der Waals surface area contributed by atoms with Gasteiger partial charge in [-0.2, -0.15) is 0 Å². The molecule has 0 aliphatic carbocycles. The summed E-state index contributed by atoms with van der Waals surface area (Å²) in [7, 11) is 0. The molecular weight excluding hydrogens is 224 g/mol. The zero-order valence-electron chi connectivity index (χ0n) is 9.14. The Morgan fingerprint density at radius 2 is 2.50 bits per heavy atom. The lowest BCUT2D eigenvalue weighted by molar-refractivity contribution is 0.0953. The summed E-state index contributed by atoms with van der Waals surface area (Å²) in [6.45, 7) is 2.29. The molecule has 1 aromatic heterocycles. The molecule has 0 amide bonds. The van der Waals surface area contributed by atoms with Gasteiger partial charge in [-0.1, -0.05) is 0 Å². The summed E-state index contributed by atoms with van der Waals surface area (Å²) in [6, 6.07) is -0.737. The molecule has 0 aliphatic heterocycles. The molecule has 0 unspecified atom stereocenters. The molecule has 87 valence electrons. The van der Waals surface area contributed by atoms with Crippen LogP contribution in [-0.2, 0) is 0 Å². The second kappa shape index (κ2) is 6.34. The first kappa shape index (κ1) is 12.8. The molecule has 0 aromatic carbocycles. The average molecular weight is 239 g/mol. The number of nitrogens with one attached hydrogen (secondary N) is 1. The Hall–Kier alpha value is -1.27. The molecule has 0 aliphatic rings. The molecule has 0 bridgehead atoms. The van der Waals surface area contributed by atoms with Crippen molar-refractivity contribution in [3.63, 3.8) is 0 Å². The first-order chi connectivity index (χ1) is 7.61. The highest BCUT2D eigenvalue weighted by Gasteiger charge is 2.17. The molecule has 0 fully saturated rings. The van der Waals surface area contributed by atoms with Crippen molar-refractivity contribution < 1.29 is 4.79 Å². The van der Waals surface area contributed by atoms with E-state index in [4.69, 9.17) is 11.5 Å². The van der Waals surface area contributed by atoms with Gasteiger partial charge < -0.3 is 5.73 Å². The van der Waals surface area contributed by atoms with E-state index < -0.39 is 6.04 Å².